The Balaban J connectivity index is 2.39. The van der Waals surface area contributed by atoms with Crippen LogP contribution in [0.1, 0.15) is 5.82 Å². The van der Waals surface area contributed by atoms with Crippen LogP contribution in [0.5, 0.6) is 0 Å². The summed E-state index contributed by atoms with van der Waals surface area (Å²) in [5.74, 6) is -1.09. The van der Waals surface area contributed by atoms with Gasteiger partial charge in [0.05, 0.1) is 0 Å². The molecule has 0 aromatic carbocycles. The molecule has 0 aliphatic heterocycles. The number of nitrogens with one attached hydrogen (secondary N) is 1. The van der Waals surface area contributed by atoms with E-state index in [9.17, 15) is 13.2 Å². The third-order valence-corrected chi connectivity index (χ3v) is 2.17. The second-order valence-electron chi connectivity index (χ2n) is 2.91. The van der Waals surface area contributed by atoms with Crippen molar-refractivity contribution in [3.8, 4) is 11.4 Å². The molecule has 1 N–H and O–H groups in total. The lowest BCUT2D eigenvalue weighted by molar-refractivity contribution is -0.144. The highest BCUT2D eigenvalue weighted by Gasteiger charge is 2.35. The van der Waals surface area contributed by atoms with E-state index in [4.69, 9.17) is 0 Å². The summed E-state index contributed by atoms with van der Waals surface area (Å²) in [6.07, 6.45) is -1.61. The van der Waals surface area contributed by atoms with Crippen LogP contribution in [0.4, 0.5) is 13.2 Å². The van der Waals surface area contributed by atoms with Crippen LogP contribution in [0, 0.1) is 0 Å². The molecule has 0 atom stereocenters. The van der Waals surface area contributed by atoms with E-state index in [-0.39, 0.29) is 5.82 Å². The molecule has 0 aliphatic rings. The topological polar surface area (TPSA) is 54.5 Å². The quantitative estimate of drug-likeness (QED) is 0.879. The Bertz CT molecular complexity index is 508. The van der Waals surface area contributed by atoms with Gasteiger partial charge in [-0.05, 0) is 22.0 Å². The molecule has 2 heterocycles. The van der Waals surface area contributed by atoms with Gasteiger partial charge in [-0.3, -0.25) is 4.98 Å². The van der Waals surface area contributed by atoms with E-state index >= 15 is 0 Å². The second kappa shape index (κ2) is 3.85. The summed E-state index contributed by atoms with van der Waals surface area (Å²) in [7, 11) is 0. The fourth-order valence-electron chi connectivity index (χ4n) is 1.06. The molecule has 0 saturated carbocycles. The highest BCUT2D eigenvalue weighted by molar-refractivity contribution is 9.10. The summed E-state index contributed by atoms with van der Waals surface area (Å²) in [5, 5.41) is 6.43. The molecule has 0 radical (unpaired) electrons. The zero-order chi connectivity index (χ0) is 11.8. The van der Waals surface area contributed by atoms with Gasteiger partial charge in [-0.25, -0.2) is 0 Å². The van der Waals surface area contributed by atoms with E-state index < -0.39 is 12.0 Å². The Kier molecular flexibility index (Phi) is 2.66. The van der Waals surface area contributed by atoms with Crippen molar-refractivity contribution in [3.05, 3.63) is 28.8 Å². The molecule has 8 heteroatoms. The molecule has 4 nitrogen and oxygen atoms in total. The van der Waals surface area contributed by atoms with Crippen LogP contribution in [0.15, 0.2) is 22.9 Å². The van der Waals surface area contributed by atoms with Crippen molar-refractivity contribution in [2.45, 2.75) is 6.18 Å². The standard InChI is InChI=1S/C8H4BrF3N4/c9-5-1-4(2-13-3-5)6-14-7(16-15-6)8(10,11)12/h1-3H,(H,14,15,16). The van der Waals surface area contributed by atoms with Gasteiger partial charge >= 0.3 is 6.18 Å². The van der Waals surface area contributed by atoms with E-state index in [0.29, 0.717) is 10.0 Å². The van der Waals surface area contributed by atoms with Crippen LogP contribution >= 0.6 is 15.9 Å². The van der Waals surface area contributed by atoms with Crippen molar-refractivity contribution in [2.75, 3.05) is 0 Å². The van der Waals surface area contributed by atoms with Crippen molar-refractivity contribution in [2.24, 2.45) is 0 Å². The van der Waals surface area contributed by atoms with Gasteiger partial charge < -0.3 is 4.98 Å². The van der Waals surface area contributed by atoms with Crippen LogP contribution < -0.4 is 0 Å². The number of hydrogen-bond donors (Lipinski definition) is 1. The molecule has 2 aromatic rings. The minimum atomic E-state index is -4.52. The van der Waals surface area contributed by atoms with E-state index in [2.05, 4.69) is 36.1 Å². The molecule has 0 unspecified atom stereocenters. The SMILES string of the molecule is FC(F)(F)c1nnc(-c2cncc(Br)c2)[nH]1. The Hall–Kier alpha value is -1.44. The van der Waals surface area contributed by atoms with Crippen LogP contribution in [-0.2, 0) is 6.18 Å². The summed E-state index contributed by atoms with van der Waals surface area (Å²) >= 11 is 3.16. The normalized spacial score (nSPS) is 11.8. The monoisotopic (exact) mass is 292 g/mol. The van der Waals surface area contributed by atoms with Crippen LogP contribution in [0.2, 0.25) is 0 Å². The largest absolute Gasteiger partial charge is 0.451 e. The van der Waals surface area contributed by atoms with E-state index in [1.165, 1.54) is 12.4 Å². The first-order valence-corrected chi connectivity index (χ1v) is 4.87. The van der Waals surface area contributed by atoms with E-state index in [0.717, 1.165) is 0 Å². The summed E-state index contributed by atoms with van der Waals surface area (Å²) in [5.41, 5.74) is 0.428. The van der Waals surface area contributed by atoms with Gasteiger partial charge in [0.2, 0.25) is 5.82 Å². The summed E-state index contributed by atoms with van der Waals surface area (Å²) in [6, 6.07) is 1.59. The van der Waals surface area contributed by atoms with Crippen molar-refractivity contribution < 1.29 is 13.2 Å². The number of alkyl halides is 3. The van der Waals surface area contributed by atoms with Crippen molar-refractivity contribution in [3.63, 3.8) is 0 Å². The zero-order valence-electron chi connectivity index (χ0n) is 7.59. The van der Waals surface area contributed by atoms with Gasteiger partial charge in [-0.2, -0.15) is 13.2 Å². The number of hydrogen-bond acceptors (Lipinski definition) is 3. The number of aromatic nitrogens is 4. The molecule has 0 amide bonds. The maximum absolute atomic E-state index is 12.2. The van der Waals surface area contributed by atoms with Crippen molar-refractivity contribution in [1.29, 1.82) is 0 Å². The fourth-order valence-corrected chi connectivity index (χ4v) is 1.43. The molecule has 0 bridgehead atoms. The van der Waals surface area contributed by atoms with Crippen LogP contribution in [-0.4, -0.2) is 20.2 Å². The number of pyridine rings is 1. The van der Waals surface area contributed by atoms with Crippen molar-refractivity contribution in [1.82, 2.24) is 20.2 Å². The molecule has 84 valence electrons. The van der Waals surface area contributed by atoms with Gasteiger partial charge in [0.25, 0.3) is 0 Å². The molecule has 0 spiro atoms. The second-order valence-corrected chi connectivity index (χ2v) is 3.83. The highest BCUT2D eigenvalue weighted by Crippen LogP contribution is 2.27. The molecular weight excluding hydrogens is 289 g/mol. The molecule has 16 heavy (non-hydrogen) atoms. The van der Waals surface area contributed by atoms with E-state index in [1.807, 2.05) is 0 Å². The average Bonchev–Trinajstić information content (AvgIpc) is 2.65. The Morgan fingerprint density at radius 2 is 1.94 bits per heavy atom. The third kappa shape index (κ3) is 2.21. The molecule has 0 saturated heterocycles. The van der Waals surface area contributed by atoms with E-state index in [1.54, 1.807) is 6.07 Å². The lowest BCUT2D eigenvalue weighted by Crippen LogP contribution is -2.07. The Labute approximate surface area is 96.1 Å². The van der Waals surface area contributed by atoms with Gasteiger partial charge in [-0.1, -0.05) is 0 Å². The molecular formula is C8H4BrF3N4. The lowest BCUT2D eigenvalue weighted by atomic mass is 10.3. The summed E-state index contributed by atoms with van der Waals surface area (Å²) in [6.45, 7) is 0. The number of rotatable bonds is 1. The maximum atomic E-state index is 12.2. The van der Waals surface area contributed by atoms with Crippen LogP contribution in [0.25, 0.3) is 11.4 Å². The predicted octanol–water partition coefficient (Wildman–Crippen LogP) is 2.65. The number of H-pyrrole nitrogens is 1. The first-order valence-electron chi connectivity index (χ1n) is 4.07. The van der Waals surface area contributed by atoms with Crippen LogP contribution in [0.3, 0.4) is 0 Å². The van der Waals surface area contributed by atoms with Gasteiger partial charge in [0, 0.05) is 22.4 Å². The third-order valence-electron chi connectivity index (χ3n) is 1.73. The summed E-state index contributed by atoms with van der Waals surface area (Å²) in [4.78, 5) is 5.90. The number of aromatic amines is 1. The Morgan fingerprint density at radius 3 is 2.50 bits per heavy atom. The zero-order valence-corrected chi connectivity index (χ0v) is 9.17. The first-order chi connectivity index (χ1) is 7.47. The lowest BCUT2D eigenvalue weighted by Gasteiger charge is -1.99. The molecule has 2 rings (SSSR count). The Morgan fingerprint density at radius 1 is 1.19 bits per heavy atom. The molecule has 0 aliphatic carbocycles. The summed E-state index contributed by atoms with van der Waals surface area (Å²) < 4.78 is 37.4. The predicted molar refractivity (Wildman–Crippen MR) is 52.3 cm³/mol. The van der Waals surface area contributed by atoms with Crippen molar-refractivity contribution >= 4 is 15.9 Å². The minimum absolute atomic E-state index is 0.0288. The van der Waals surface area contributed by atoms with Gasteiger partial charge in [0.15, 0.2) is 5.82 Å². The molecule has 0 fully saturated rings. The average molecular weight is 293 g/mol. The number of halogens is 4. The highest BCUT2D eigenvalue weighted by atomic mass is 79.9. The maximum Gasteiger partial charge on any atom is 0.451 e. The smallest absolute Gasteiger partial charge is 0.317 e. The fraction of sp³-hybridized carbons (Fsp3) is 0.125. The molecule has 2 aromatic heterocycles. The van der Waals surface area contributed by atoms with Gasteiger partial charge in [0.1, 0.15) is 0 Å². The minimum Gasteiger partial charge on any atom is -0.317 e. The first kappa shape index (κ1) is 11.1. The number of nitrogens with zero attached hydrogens (tertiary/aromatic N) is 3. The van der Waals surface area contributed by atoms with Gasteiger partial charge in [-0.15, -0.1) is 10.2 Å².